The lowest BCUT2D eigenvalue weighted by Crippen LogP contribution is -1.92. The van der Waals surface area contributed by atoms with Crippen molar-refractivity contribution in [1.29, 1.82) is 0 Å². The third-order valence-corrected chi connectivity index (χ3v) is 1.99. The first kappa shape index (κ1) is 9.09. The second-order valence-corrected chi connectivity index (χ2v) is 3.12. The van der Waals surface area contributed by atoms with Crippen LogP contribution in [0.15, 0.2) is 36.4 Å². The number of hydrogen-bond acceptors (Lipinski definition) is 2. The Morgan fingerprint density at radius 1 is 1.07 bits per heavy atom. The Labute approximate surface area is 85.4 Å². The van der Waals surface area contributed by atoms with E-state index in [-0.39, 0.29) is 5.15 Å². The lowest BCUT2D eigenvalue weighted by atomic mass is 10.1. The van der Waals surface area contributed by atoms with Gasteiger partial charge in [-0.1, -0.05) is 41.9 Å². The molecule has 0 saturated heterocycles. The molecule has 1 heterocycles. The molecule has 0 unspecified atom stereocenters. The third kappa shape index (κ3) is 1.72. The van der Waals surface area contributed by atoms with Gasteiger partial charge in [-0.2, -0.15) is 4.39 Å². The van der Waals surface area contributed by atoms with Crippen molar-refractivity contribution in [2.24, 2.45) is 0 Å². The van der Waals surface area contributed by atoms with Crippen LogP contribution in [0.25, 0.3) is 11.1 Å². The van der Waals surface area contributed by atoms with Gasteiger partial charge in [0.05, 0.1) is 0 Å². The summed E-state index contributed by atoms with van der Waals surface area (Å²) in [4.78, 5) is 0. The summed E-state index contributed by atoms with van der Waals surface area (Å²) in [6, 6.07) is 10.5. The van der Waals surface area contributed by atoms with E-state index in [4.69, 9.17) is 11.6 Å². The predicted octanol–water partition coefficient (Wildman–Crippen LogP) is 2.94. The Morgan fingerprint density at radius 2 is 1.79 bits per heavy atom. The van der Waals surface area contributed by atoms with Crippen molar-refractivity contribution in [3.05, 3.63) is 47.5 Å². The standard InChI is InChI=1S/C10H6ClFN2/c11-9-6-8(10(12)14-13-9)7-4-2-1-3-5-7/h1-6H. The Morgan fingerprint density at radius 3 is 2.50 bits per heavy atom. The number of rotatable bonds is 1. The van der Waals surface area contributed by atoms with Crippen LogP contribution in [0.3, 0.4) is 0 Å². The normalized spacial score (nSPS) is 10.1. The first-order chi connectivity index (χ1) is 6.77. The number of halogens is 2. The van der Waals surface area contributed by atoms with Crippen molar-refractivity contribution >= 4 is 11.6 Å². The fourth-order valence-electron chi connectivity index (χ4n) is 1.17. The van der Waals surface area contributed by atoms with E-state index < -0.39 is 5.95 Å². The highest BCUT2D eigenvalue weighted by Crippen LogP contribution is 2.22. The minimum Gasteiger partial charge on any atom is -0.182 e. The van der Waals surface area contributed by atoms with Crippen LogP contribution in [0.5, 0.6) is 0 Å². The van der Waals surface area contributed by atoms with E-state index in [1.165, 1.54) is 6.07 Å². The molecule has 2 rings (SSSR count). The van der Waals surface area contributed by atoms with Crippen LogP contribution in [0, 0.1) is 5.95 Å². The number of hydrogen-bond donors (Lipinski definition) is 0. The molecule has 0 aliphatic rings. The van der Waals surface area contributed by atoms with Gasteiger partial charge in [-0.05, 0) is 11.6 Å². The molecular weight excluding hydrogens is 203 g/mol. The molecule has 0 atom stereocenters. The molecule has 14 heavy (non-hydrogen) atoms. The van der Waals surface area contributed by atoms with Crippen molar-refractivity contribution < 1.29 is 4.39 Å². The van der Waals surface area contributed by atoms with Crippen molar-refractivity contribution in [1.82, 2.24) is 10.2 Å². The van der Waals surface area contributed by atoms with Gasteiger partial charge >= 0.3 is 0 Å². The Hall–Kier alpha value is -1.48. The van der Waals surface area contributed by atoms with Crippen molar-refractivity contribution in [3.8, 4) is 11.1 Å². The third-order valence-electron chi connectivity index (χ3n) is 1.80. The van der Waals surface area contributed by atoms with E-state index in [9.17, 15) is 4.39 Å². The van der Waals surface area contributed by atoms with E-state index in [1.807, 2.05) is 18.2 Å². The average Bonchev–Trinajstić information content (AvgIpc) is 2.23. The molecule has 0 radical (unpaired) electrons. The van der Waals surface area contributed by atoms with Crippen LogP contribution < -0.4 is 0 Å². The van der Waals surface area contributed by atoms with Gasteiger partial charge in [0.2, 0.25) is 5.95 Å². The summed E-state index contributed by atoms with van der Waals surface area (Å²) in [6.07, 6.45) is 0. The summed E-state index contributed by atoms with van der Waals surface area (Å²) >= 11 is 5.63. The zero-order valence-electron chi connectivity index (χ0n) is 7.11. The zero-order valence-corrected chi connectivity index (χ0v) is 7.87. The Balaban J connectivity index is 2.57. The highest BCUT2D eigenvalue weighted by Gasteiger charge is 2.07. The SMILES string of the molecule is Fc1nnc(Cl)cc1-c1ccccc1. The smallest absolute Gasteiger partial charge is 0.182 e. The van der Waals surface area contributed by atoms with Gasteiger partial charge in [-0.25, -0.2) is 0 Å². The molecule has 0 aliphatic carbocycles. The summed E-state index contributed by atoms with van der Waals surface area (Å²) in [6.45, 7) is 0. The van der Waals surface area contributed by atoms with Gasteiger partial charge in [0.15, 0.2) is 5.15 Å². The van der Waals surface area contributed by atoms with E-state index >= 15 is 0 Å². The van der Waals surface area contributed by atoms with Crippen LogP contribution in [0.2, 0.25) is 5.15 Å². The maximum absolute atomic E-state index is 13.2. The van der Waals surface area contributed by atoms with E-state index in [2.05, 4.69) is 10.2 Å². The number of aromatic nitrogens is 2. The first-order valence-corrected chi connectivity index (χ1v) is 4.39. The number of benzene rings is 1. The molecule has 0 fully saturated rings. The predicted molar refractivity (Wildman–Crippen MR) is 52.4 cm³/mol. The molecular formula is C10H6ClFN2. The molecule has 0 saturated carbocycles. The first-order valence-electron chi connectivity index (χ1n) is 4.01. The Kier molecular flexibility index (Phi) is 2.41. The highest BCUT2D eigenvalue weighted by atomic mass is 35.5. The minimum absolute atomic E-state index is 0.185. The molecule has 0 aliphatic heterocycles. The zero-order chi connectivity index (χ0) is 9.97. The van der Waals surface area contributed by atoms with E-state index in [0.717, 1.165) is 5.56 Å². The van der Waals surface area contributed by atoms with Gasteiger partial charge in [-0.3, -0.25) is 0 Å². The quantitative estimate of drug-likeness (QED) is 0.720. The maximum Gasteiger partial charge on any atom is 0.241 e. The van der Waals surface area contributed by atoms with Gasteiger partial charge < -0.3 is 0 Å². The molecule has 0 N–H and O–H groups in total. The molecule has 2 nitrogen and oxygen atoms in total. The highest BCUT2D eigenvalue weighted by molar-refractivity contribution is 6.29. The largest absolute Gasteiger partial charge is 0.241 e. The molecule has 1 aromatic heterocycles. The van der Waals surface area contributed by atoms with E-state index in [1.54, 1.807) is 12.1 Å². The Bertz CT molecular complexity index is 445. The summed E-state index contributed by atoms with van der Waals surface area (Å²) in [5.74, 6) is -0.611. The van der Waals surface area contributed by atoms with Crippen LogP contribution in [0.1, 0.15) is 0 Å². The second kappa shape index (κ2) is 3.72. The molecule has 0 bridgehead atoms. The van der Waals surface area contributed by atoms with Gasteiger partial charge in [0.25, 0.3) is 0 Å². The van der Waals surface area contributed by atoms with Crippen LogP contribution >= 0.6 is 11.6 Å². The molecule has 1 aromatic carbocycles. The van der Waals surface area contributed by atoms with Gasteiger partial charge in [0, 0.05) is 5.56 Å². The van der Waals surface area contributed by atoms with Gasteiger partial charge in [0.1, 0.15) is 0 Å². The lowest BCUT2D eigenvalue weighted by Gasteiger charge is -2.01. The molecule has 2 aromatic rings. The van der Waals surface area contributed by atoms with Crippen molar-refractivity contribution in [2.75, 3.05) is 0 Å². The van der Waals surface area contributed by atoms with Crippen molar-refractivity contribution in [3.63, 3.8) is 0 Å². The molecule has 4 heteroatoms. The fraction of sp³-hybridized carbons (Fsp3) is 0. The average molecular weight is 209 g/mol. The molecule has 0 amide bonds. The number of nitrogens with zero attached hydrogens (tertiary/aromatic N) is 2. The summed E-state index contributed by atoms with van der Waals surface area (Å²) in [7, 11) is 0. The summed E-state index contributed by atoms with van der Waals surface area (Å²) < 4.78 is 13.2. The van der Waals surface area contributed by atoms with Gasteiger partial charge in [-0.15, -0.1) is 10.2 Å². The lowest BCUT2D eigenvalue weighted by molar-refractivity contribution is 0.567. The van der Waals surface area contributed by atoms with E-state index in [0.29, 0.717) is 5.56 Å². The topological polar surface area (TPSA) is 25.8 Å². The van der Waals surface area contributed by atoms with Crippen LogP contribution in [0.4, 0.5) is 4.39 Å². The fourth-order valence-corrected chi connectivity index (χ4v) is 1.32. The van der Waals surface area contributed by atoms with Crippen LogP contribution in [-0.2, 0) is 0 Å². The summed E-state index contributed by atoms with van der Waals surface area (Å²) in [5.41, 5.74) is 1.10. The maximum atomic E-state index is 13.2. The van der Waals surface area contributed by atoms with Crippen LogP contribution in [-0.4, -0.2) is 10.2 Å². The molecule has 0 spiro atoms. The summed E-state index contributed by atoms with van der Waals surface area (Å²) in [5, 5.41) is 6.90. The minimum atomic E-state index is -0.611. The monoisotopic (exact) mass is 208 g/mol. The molecule has 70 valence electrons. The second-order valence-electron chi connectivity index (χ2n) is 2.74. The van der Waals surface area contributed by atoms with Crippen molar-refractivity contribution in [2.45, 2.75) is 0 Å².